The van der Waals surface area contributed by atoms with Crippen LogP contribution < -0.4 is 0 Å². The van der Waals surface area contributed by atoms with Crippen molar-refractivity contribution in [2.75, 3.05) is 0 Å². The summed E-state index contributed by atoms with van der Waals surface area (Å²) in [5.41, 5.74) is 0.378. The van der Waals surface area contributed by atoms with E-state index in [1.54, 1.807) is 0 Å². The molecule has 7 nitrogen and oxygen atoms in total. The fourth-order valence-electron chi connectivity index (χ4n) is 1.68. The SMILES string of the molecule is CC.O=C(O)c1cn2cc(-c3noc(C(F)(F)F)n3)ccc2n1. The monoisotopic (exact) mass is 328 g/mol. The molecule has 0 unspecified atom stereocenters. The number of carboxylic acids is 1. The highest BCUT2D eigenvalue weighted by Crippen LogP contribution is 2.29. The Bertz CT molecular complexity index is 838. The normalized spacial score (nSPS) is 11.2. The average Bonchev–Trinajstić information content (AvgIpc) is 3.15. The Labute approximate surface area is 127 Å². The van der Waals surface area contributed by atoms with Crippen molar-refractivity contribution >= 4 is 11.6 Å². The molecule has 0 spiro atoms. The molecule has 10 heteroatoms. The summed E-state index contributed by atoms with van der Waals surface area (Å²) in [4.78, 5) is 17.9. The number of fused-ring (bicyclic) bond motifs is 1. The molecule has 0 aliphatic rings. The molecule has 0 amide bonds. The molecule has 0 atom stereocenters. The molecule has 3 aromatic heterocycles. The molecule has 3 aromatic rings. The van der Waals surface area contributed by atoms with E-state index in [0.29, 0.717) is 5.65 Å². The predicted octanol–water partition coefficient (Wildman–Crippen LogP) is 3.13. The highest BCUT2D eigenvalue weighted by Gasteiger charge is 2.38. The summed E-state index contributed by atoms with van der Waals surface area (Å²) < 4.78 is 42.6. The van der Waals surface area contributed by atoms with Crippen LogP contribution in [0.3, 0.4) is 0 Å². The largest absolute Gasteiger partial charge is 0.476 e. The second kappa shape index (κ2) is 6.07. The van der Waals surface area contributed by atoms with Gasteiger partial charge in [-0.3, -0.25) is 0 Å². The minimum Gasteiger partial charge on any atom is -0.476 e. The van der Waals surface area contributed by atoms with Crippen LogP contribution in [-0.2, 0) is 6.18 Å². The van der Waals surface area contributed by atoms with Crippen LogP contribution in [0.4, 0.5) is 13.2 Å². The third kappa shape index (κ3) is 3.30. The molecular formula is C13H11F3N4O3. The highest BCUT2D eigenvalue weighted by atomic mass is 19.4. The molecule has 0 aliphatic heterocycles. The van der Waals surface area contributed by atoms with Crippen molar-refractivity contribution in [3.8, 4) is 11.4 Å². The van der Waals surface area contributed by atoms with E-state index in [1.165, 1.54) is 28.9 Å². The number of carbonyl (C=O) groups is 1. The lowest BCUT2D eigenvalue weighted by atomic mass is 10.3. The molecular weight excluding hydrogens is 317 g/mol. The maximum Gasteiger partial charge on any atom is 0.471 e. The number of carboxylic acid groups (broad SMARTS) is 1. The van der Waals surface area contributed by atoms with Crippen LogP contribution in [0.1, 0.15) is 30.2 Å². The van der Waals surface area contributed by atoms with Gasteiger partial charge in [0, 0.05) is 18.0 Å². The number of nitrogens with zero attached hydrogens (tertiary/aromatic N) is 4. The van der Waals surface area contributed by atoms with E-state index in [2.05, 4.69) is 19.6 Å². The summed E-state index contributed by atoms with van der Waals surface area (Å²) in [6, 6.07) is 2.85. The van der Waals surface area contributed by atoms with Crippen LogP contribution >= 0.6 is 0 Å². The lowest BCUT2D eigenvalue weighted by molar-refractivity contribution is -0.159. The zero-order chi connectivity index (χ0) is 17.2. The number of aromatic carboxylic acids is 1. The molecule has 3 rings (SSSR count). The zero-order valence-corrected chi connectivity index (χ0v) is 12.0. The molecule has 0 saturated heterocycles. The molecule has 0 radical (unpaired) electrons. The summed E-state index contributed by atoms with van der Waals surface area (Å²) in [6.45, 7) is 4.00. The minimum absolute atomic E-state index is 0.184. The van der Waals surface area contributed by atoms with Crippen molar-refractivity contribution in [1.29, 1.82) is 0 Å². The van der Waals surface area contributed by atoms with Gasteiger partial charge in [-0.2, -0.15) is 18.2 Å². The van der Waals surface area contributed by atoms with Gasteiger partial charge in [0.1, 0.15) is 5.65 Å². The Kier molecular flexibility index (Phi) is 4.34. The Morgan fingerprint density at radius 1 is 1.22 bits per heavy atom. The van der Waals surface area contributed by atoms with Gasteiger partial charge in [-0.15, -0.1) is 0 Å². The van der Waals surface area contributed by atoms with Crippen LogP contribution in [0.5, 0.6) is 0 Å². The Morgan fingerprint density at radius 2 is 1.91 bits per heavy atom. The van der Waals surface area contributed by atoms with Crippen LogP contribution in [0.15, 0.2) is 29.0 Å². The van der Waals surface area contributed by atoms with Crippen LogP contribution in [-0.4, -0.2) is 30.6 Å². The van der Waals surface area contributed by atoms with Crippen LogP contribution in [0, 0.1) is 0 Å². The second-order valence-corrected chi connectivity index (χ2v) is 4.04. The van der Waals surface area contributed by atoms with Crippen molar-refractivity contribution < 1.29 is 27.6 Å². The molecule has 1 N–H and O–H groups in total. The molecule has 0 aliphatic carbocycles. The first-order valence-electron chi connectivity index (χ1n) is 6.48. The van der Waals surface area contributed by atoms with Crippen LogP contribution in [0.2, 0.25) is 0 Å². The van der Waals surface area contributed by atoms with E-state index < -0.39 is 18.0 Å². The van der Waals surface area contributed by atoms with E-state index in [-0.39, 0.29) is 17.1 Å². The fraction of sp³-hybridized carbons (Fsp3) is 0.231. The molecule has 3 heterocycles. The highest BCUT2D eigenvalue weighted by molar-refractivity contribution is 5.86. The molecule has 0 saturated carbocycles. The van der Waals surface area contributed by atoms with Gasteiger partial charge in [-0.25, -0.2) is 9.78 Å². The number of imidazole rings is 1. The molecule has 23 heavy (non-hydrogen) atoms. The fourth-order valence-corrected chi connectivity index (χ4v) is 1.68. The first-order valence-corrected chi connectivity index (χ1v) is 6.48. The summed E-state index contributed by atoms with van der Waals surface area (Å²) in [5.74, 6) is -2.91. The van der Waals surface area contributed by atoms with Gasteiger partial charge in [0.2, 0.25) is 5.82 Å². The quantitative estimate of drug-likeness (QED) is 0.777. The first-order chi connectivity index (χ1) is 10.8. The number of aromatic nitrogens is 4. The maximum atomic E-state index is 12.4. The van der Waals surface area contributed by atoms with Gasteiger partial charge < -0.3 is 14.0 Å². The first kappa shape index (κ1) is 16.5. The minimum atomic E-state index is -4.72. The van der Waals surface area contributed by atoms with Crippen molar-refractivity contribution in [3.63, 3.8) is 0 Å². The third-order valence-electron chi connectivity index (χ3n) is 2.60. The zero-order valence-electron chi connectivity index (χ0n) is 12.0. The predicted molar refractivity (Wildman–Crippen MR) is 71.8 cm³/mol. The summed E-state index contributed by atoms with van der Waals surface area (Å²) in [5, 5.41) is 12.1. The van der Waals surface area contributed by atoms with Crippen molar-refractivity contribution in [2.24, 2.45) is 0 Å². The van der Waals surface area contributed by atoms with E-state index in [4.69, 9.17) is 5.11 Å². The van der Waals surface area contributed by atoms with Gasteiger partial charge in [0.25, 0.3) is 0 Å². The van der Waals surface area contributed by atoms with Gasteiger partial charge in [0.15, 0.2) is 5.69 Å². The van der Waals surface area contributed by atoms with E-state index in [1.807, 2.05) is 13.8 Å². The van der Waals surface area contributed by atoms with E-state index >= 15 is 0 Å². The molecule has 0 fully saturated rings. The number of halogens is 3. The van der Waals surface area contributed by atoms with E-state index in [9.17, 15) is 18.0 Å². The van der Waals surface area contributed by atoms with Crippen molar-refractivity contribution in [1.82, 2.24) is 19.5 Å². The molecule has 0 aromatic carbocycles. The standard InChI is InChI=1S/C11H5F3N4O3.C2H6/c12-11(13,14)10-16-8(17-21-10)5-1-2-7-15-6(9(19)20)4-18(7)3-5;1-2/h1-4H,(H,19,20);1-2H3. The molecule has 0 bridgehead atoms. The van der Waals surface area contributed by atoms with Gasteiger partial charge in [-0.05, 0) is 12.1 Å². The second-order valence-electron chi connectivity index (χ2n) is 4.04. The average molecular weight is 328 g/mol. The third-order valence-corrected chi connectivity index (χ3v) is 2.60. The van der Waals surface area contributed by atoms with E-state index in [0.717, 1.165) is 0 Å². The maximum absolute atomic E-state index is 12.4. The van der Waals surface area contributed by atoms with Crippen LogP contribution in [0.25, 0.3) is 17.0 Å². The number of rotatable bonds is 2. The topological polar surface area (TPSA) is 93.5 Å². The van der Waals surface area contributed by atoms with Crippen molar-refractivity contribution in [2.45, 2.75) is 20.0 Å². The number of pyridine rings is 1. The Hall–Kier alpha value is -2.91. The lowest BCUT2D eigenvalue weighted by Crippen LogP contribution is -2.04. The van der Waals surface area contributed by atoms with Crippen molar-refractivity contribution in [3.05, 3.63) is 36.1 Å². The van der Waals surface area contributed by atoms with Gasteiger partial charge >= 0.3 is 18.0 Å². The number of hydrogen-bond acceptors (Lipinski definition) is 5. The number of hydrogen-bond donors (Lipinski definition) is 1. The summed E-state index contributed by atoms with van der Waals surface area (Å²) in [6.07, 6.45) is -2.13. The van der Waals surface area contributed by atoms with Gasteiger partial charge in [0.05, 0.1) is 0 Å². The lowest BCUT2D eigenvalue weighted by Gasteiger charge is -1.97. The van der Waals surface area contributed by atoms with Gasteiger partial charge in [-0.1, -0.05) is 19.0 Å². The summed E-state index contributed by atoms with van der Waals surface area (Å²) >= 11 is 0. The Morgan fingerprint density at radius 3 is 2.48 bits per heavy atom. The Balaban J connectivity index is 0.000000924. The number of alkyl halides is 3. The summed E-state index contributed by atoms with van der Waals surface area (Å²) in [7, 11) is 0. The smallest absolute Gasteiger partial charge is 0.471 e. The molecule has 122 valence electrons.